The summed E-state index contributed by atoms with van der Waals surface area (Å²) in [6.45, 7) is 3.83. The molecule has 0 spiro atoms. The van der Waals surface area contributed by atoms with Crippen LogP contribution in [0.5, 0.6) is 0 Å². The zero-order valence-corrected chi connectivity index (χ0v) is 24.5. The van der Waals surface area contributed by atoms with Crippen molar-refractivity contribution >= 4 is 23.5 Å². The standard InChI is InChI=1S/C33H37F2N3O5/c1-19-31(23-8-11-26(34)27(35)17-23)43-33(41)38(19)18-28-24(10-13-30(36-28)37-14-3-15-37)25-16-22(9-12-29(25)42-2)20-4-6-21(7-5-20)32(39)40/h8,10-13,16-17,19-22,31H,3-7,9,14-15,18H2,1-2H3,(H,39,40)/t19-,20?,21?,22?,31-/m0/s1. The fourth-order valence-corrected chi connectivity index (χ4v) is 6.84. The second kappa shape index (κ2) is 12.0. The Kier molecular flexibility index (Phi) is 8.11. The van der Waals surface area contributed by atoms with Crippen LogP contribution in [0.1, 0.15) is 68.4 Å². The molecule has 2 aliphatic heterocycles. The molecule has 1 N–H and O–H groups in total. The fraction of sp³-hybridized carbons (Fsp3) is 0.485. The van der Waals surface area contributed by atoms with Gasteiger partial charge in [-0.3, -0.25) is 9.69 Å². The maximum absolute atomic E-state index is 14.0. The zero-order valence-electron chi connectivity index (χ0n) is 24.5. The van der Waals surface area contributed by atoms with Gasteiger partial charge in [0.2, 0.25) is 0 Å². The number of carbonyl (C=O) groups is 2. The lowest BCUT2D eigenvalue weighted by Gasteiger charge is -2.34. The molecule has 1 aromatic heterocycles. The van der Waals surface area contributed by atoms with Gasteiger partial charge >= 0.3 is 12.1 Å². The smallest absolute Gasteiger partial charge is 0.411 e. The van der Waals surface area contributed by atoms with Gasteiger partial charge in [0.1, 0.15) is 17.7 Å². The van der Waals surface area contributed by atoms with Crippen LogP contribution >= 0.6 is 0 Å². The molecule has 1 unspecified atom stereocenters. The molecule has 8 nitrogen and oxygen atoms in total. The number of halogens is 2. The normalized spacial score (nSPS) is 27.3. The first kappa shape index (κ1) is 29.1. The number of hydrogen-bond acceptors (Lipinski definition) is 6. The predicted molar refractivity (Wildman–Crippen MR) is 156 cm³/mol. The summed E-state index contributed by atoms with van der Waals surface area (Å²) in [6, 6.07) is 7.16. The number of nitrogens with zero attached hydrogens (tertiary/aromatic N) is 3. The van der Waals surface area contributed by atoms with Crippen molar-refractivity contribution in [2.75, 3.05) is 25.1 Å². The number of carboxylic acids is 1. The maximum Gasteiger partial charge on any atom is 0.411 e. The van der Waals surface area contributed by atoms with Crippen LogP contribution in [0.2, 0.25) is 0 Å². The van der Waals surface area contributed by atoms with Gasteiger partial charge in [0.25, 0.3) is 0 Å². The second-order valence-electron chi connectivity index (χ2n) is 12.1. The number of hydrogen-bond donors (Lipinski definition) is 1. The maximum atomic E-state index is 14.0. The summed E-state index contributed by atoms with van der Waals surface area (Å²) >= 11 is 0. The largest absolute Gasteiger partial charge is 0.496 e. The molecule has 3 heterocycles. The number of aromatic nitrogens is 1. The van der Waals surface area contributed by atoms with E-state index in [2.05, 4.69) is 17.1 Å². The summed E-state index contributed by atoms with van der Waals surface area (Å²) in [5, 5.41) is 9.45. The molecular formula is C33H37F2N3O5. The molecule has 1 amide bonds. The van der Waals surface area contributed by atoms with Crippen LogP contribution in [0.4, 0.5) is 19.4 Å². The van der Waals surface area contributed by atoms with Gasteiger partial charge in [0.15, 0.2) is 11.6 Å². The Balaban J connectivity index is 1.31. The summed E-state index contributed by atoms with van der Waals surface area (Å²) in [5.41, 5.74) is 2.86. The minimum Gasteiger partial charge on any atom is -0.496 e. The molecule has 228 valence electrons. The molecule has 0 bridgehead atoms. The third-order valence-corrected chi connectivity index (χ3v) is 9.58. The quantitative estimate of drug-likeness (QED) is 0.375. The minimum atomic E-state index is -0.987. The highest BCUT2D eigenvalue weighted by atomic mass is 19.2. The monoisotopic (exact) mass is 593 g/mol. The van der Waals surface area contributed by atoms with Crippen LogP contribution in [0.15, 0.2) is 48.2 Å². The summed E-state index contributed by atoms with van der Waals surface area (Å²) in [5.74, 6) is -0.723. The molecule has 0 radical (unpaired) electrons. The Morgan fingerprint density at radius 2 is 1.88 bits per heavy atom. The van der Waals surface area contributed by atoms with Crippen molar-refractivity contribution in [1.82, 2.24) is 9.88 Å². The van der Waals surface area contributed by atoms with Crippen molar-refractivity contribution in [3.05, 3.63) is 76.7 Å². The summed E-state index contributed by atoms with van der Waals surface area (Å²) in [6.07, 6.45) is 8.05. The first-order valence-corrected chi connectivity index (χ1v) is 15.1. The number of aliphatic carboxylic acids is 1. The Labute approximate surface area is 250 Å². The number of anilines is 1. The van der Waals surface area contributed by atoms with E-state index in [4.69, 9.17) is 14.5 Å². The highest BCUT2D eigenvalue weighted by Crippen LogP contribution is 2.42. The molecule has 2 aliphatic carbocycles. The van der Waals surface area contributed by atoms with E-state index in [-0.39, 0.29) is 18.4 Å². The fourth-order valence-electron chi connectivity index (χ4n) is 6.84. The Hall–Kier alpha value is -3.95. The Morgan fingerprint density at radius 3 is 2.53 bits per heavy atom. The van der Waals surface area contributed by atoms with E-state index in [0.29, 0.717) is 30.0 Å². The number of benzene rings is 1. The topological polar surface area (TPSA) is 92.2 Å². The first-order chi connectivity index (χ1) is 20.7. The Morgan fingerprint density at radius 1 is 1.12 bits per heavy atom. The molecule has 1 saturated carbocycles. The molecule has 4 aliphatic rings. The number of rotatable bonds is 8. The minimum absolute atomic E-state index is 0.167. The molecule has 6 rings (SSSR count). The lowest BCUT2D eigenvalue weighted by atomic mass is 9.72. The van der Waals surface area contributed by atoms with E-state index in [1.165, 1.54) is 6.07 Å². The first-order valence-electron chi connectivity index (χ1n) is 15.1. The second-order valence-corrected chi connectivity index (χ2v) is 12.1. The van der Waals surface area contributed by atoms with Gasteiger partial charge < -0.3 is 19.5 Å². The molecule has 2 saturated heterocycles. The number of carboxylic acid groups (broad SMARTS) is 1. The number of methoxy groups -OCH3 is 1. The van der Waals surface area contributed by atoms with Gasteiger partial charge in [-0.25, -0.2) is 18.6 Å². The number of pyridine rings is 1. The van der Waals surface area contributed by atoms with Crippen LogP contribution in [0.25, 0.3) is 5.57 Å². The highest BCUT2D eigenvalue weighted by Gasteiger charge is 2.41. The number of cyclic esters (lactones) is 1. The van der Waals surface area contributed by atoms with Gasteiger partial charge in [-0.15, -0.1) is 0 Å². The number of carbonyl (C=O) groups excluding carboxylic acids is 1. The van der Waals surface area contributed by atoms with E-state index in [9.17, 15) is 23.5 Å². The van der Waals surface area contributed by atoms with Crippen molar-refractivity contribution in [2.45, 2.75) is 64.1 Å². The lowest BCUT2D eigenvalue weighted by molar-refractivity contribution is -0.143. The molecule has 3 atom stereocenters. The number of ether oxygens (including phenoxy) is 2. The third kappa shape index (κ3) is 5.71. The molecular weight excluding hydrogens is 556 g/mol. The van der Waals surface area contributed by atoms with Gasteiger partial charge in [0, 0.05) is 24.2 Å². The van der Waals surface area contributed by atoms with Crippen LogP contribution in [0.3, 0.4) is 0 Å². The Bertz CT molecular complexity index is 1460. The van der Waals surface area contributed by atoms with Crippen molar-refractivity contribution in [3.8, 4) is 0 Å². The van der Waals surface area contributed by atoms with Crippen LogP contribution in [0, 0.1) is 29.4 Å². The molecule has 43 heavy (non-hydrogen) atoms. The SMILES string of the molecule is COC1=CCC(C2CCC(C(=O)O)CC2)C=C1c1ccc(N2CCC2)nc1CN1C(=O)O[C@H](c2ccc(F)c(F)c2)[C@@H]1C. The van der Waals surface area contributed by atoms with Crippen molar-refractivity contribution in [3.63, 3.8) is 0 Å². The van der Waals surface area contributed by atoms with E-state index in [1.54, 1.807) is 12.0 Å². The van der Waals surface area contributed by atoms with Gasteiger partial charge in [-0.05, 0) is 93.2 Å². The van der Waals surface area contributed by atoms with E-state index in [1.807, 2.05) is 19.1 Å². The van der Waals surface area contributed by atoms with Crippen LogP contribution in [-0.4, -0.2) is 53.3 Å². The van der Waals surface area contributed by atoms with Crippen molar-refractivity contribution in [2.24, 2.45) is 17.8 Å². The summed E-state index contributed by atoms with van der Waals surface area (Å²) in [7, 11) is 1.64. The molecule has 10 heteroatoms. The van der Waals surface area contributed by atoms with Gasteiger partial charge in [0.05, 0.1) is 31.3 Å². The number of amides is 1. The average Bonchev–Trinajstić information content (AvgIpc) is 3.26. The lowest BCUT2D eigenvalue weighted by Crippen LogP contribution is -2.38. The van der Waals surface area contributed by atoms with Crippen LogP contribution < -0.4 is 4.90 Å². The molecule has 2 aromatic rings. The predicted octanol–water partition coefficient (Wildman–Crippen LogP) is 6.48. The molecule has 3 fully saturated rings. The number of allylic oxidation sites excluding steroid dienone is 3. The van der Waals surface area contributed by atoms with Crippen molar-refractivity contribution in [1.29, 1.82) is 0 Å². The summed E-state index contributed by atoms with van der Waals surface area (Å²) in [4.78, 5) is 33.5. The molecule has 1 aromatic carbocycles. The van der Waals surface area contributed by atoms with E-state index in [0.717, 1.165) is 73.6 Å². The highest BCUT2D eigenvalue weighted by molar-refractivity contribution is 5.80. The third-order valence-electron chi connectivity index (χ3n) is 9.58. The van der Waals surface area contributed by atoms with E-state index < -0.39 is 35.8 Å². The van der Waals surface area contributed by atoms with E-state index >= 15 is 0 Å². The van der Waals surface area contributed by atoms with Gasteiger partial charge in [-0.2, -0.15) is 0 Å². The average molecular weight is 594 g/mol. The van der Waals surface area contributed by atoms with Gasteiger partial charge in [-0.1, -0.05) is 12.1 Å². The van der Waals surface area contributed by atoms with Crippen LogP contribution in [-0.2, 0) is 20.8 Å². The summed E-state index contributed by atoms with van der Waals surface area (Å²) < 4.78 is 39.1. The zero-order chi connectivity index (χ0) is 30.2. The van der Waals surface area contributed by atoms with Crippen molar-refractivity contribution < 1.29 is 33.0 Å².